The van der Waals surface area contributed by atoms with Gasteiger partial charge in [-0.3, -0.25) is 4.68 Å². The van der Waals surface area contributed by atoms with Crippen molar-refractivity contribution in [1.29, 1.82) is 0 Å². The normalized spacial score (nSPS) is 11.6. The Morgan fingerprint density at radius 1 is 1.29 bits per heavy atom. The third kappa shape index (κ3) is 3.25. The molecular weight excluding hydrogens is 288 g/mol. The van der Waals surface area contributed by atoms with Gasteiger partial charge in [0.2, 0.25) is 10.0 Å². The van der Waals surface area contributed by atoms with Gasteiger partial charge in [0.25, 0.3) is 0 Å². The Balaban J connectivity index is 2.24. The first-order chi connectivity index (χ1) is 9.85. The van der Waals surface area contributed by atoms with E-state index in [2.05, 4.69) is 15.1 Å². The summed E-state index contributed by atoms with van der Waals surface area (Å²) in [6.45, 7) is 4.54. The van der Waals surface area contributed by atoms with Crippen LogP contribution in [0.4, 0.5) is 5.69 Å². The smallest absolute Gasteiger partial charge is 0.240 e. The molecule has 0 saturated carbocycles. The molecule has 1 aromatic carbocycles. The second-order valence-electron chi connectivity index (χ2n) is 4.92. The van der Waals surface area contributed by atoms with E-state index in [0.717, 1.165) is 22.5 Å². The lowest BCUT2D eigenvalue weighted by Crippen LogP contribution is -2.18. The lowest BCUT2D eigenvalue weighted by molar-refractivity contribution is 0.588. The van der Waals surface area contributed by atoms with Crippen molar-refractivity contribution < 1.29 is 8.42 Å². The molecule has 0 aliphatic carbocycles. The number of anilines is 1. The maximum atomic E-state index is 11.8. The van der Waals surface area contributed by atoms with Gasteiger partial charge in [-0.25, -0.2) is 13.1 Å². The van der Waals surface area contributed by atoms with Gasteiger partial charge in [-0.05, 0) is 38.6 Å². The Kier molecular flexibility index (Phi) is 4.34. The van der Waals surface area contributed by atoms with Gasteiger partial charge in [0, 0.05) is 30.5 Å². The summed E-state index contributed by atoms with van der Waals surface area (Å²) in [7, 11) is -0.134. The molecule has 2 rings (SSSR count). The zero-order valence-corrected chi connectivity index (χ0v) is 13.5. The maximum Gasteiger partial charge on any atom is 0.240 e. The zero-order chi connectivity index (χ0) is 15.6. The largest absolute Gasteiger partial charge is 0.381 e. The second kappa shape index (κ2) is 5.87. The molecule has 0 amide bonds. The van der Waals surface area contributed by atoms with Crippen LogP contribution in [0.15, 0.2) is 29.3 Å². The monoisotopic (exact) mass is 308 g/mol. The lowest BCUT2D eigenvalue weighted by Gasteiger charge is -2.11. The number of benzene rings is 1. The standard InChI is InChI=1S/C14H20N4O2S/c1-10-5-6-13(21(19,20)15-3)7-14(10)16-8-12-9-17-18(4)11(12)2/h5-7,9,15-16H,8H2,1-4H3. The molecule has 0 spiro atoms. The summed E-state index contributed by atoms with van der Waals surface area (Å²) < 4.78 is 27.8. The highest BCUT2D eigenvalue weighted by Gasteiger charge is 2.13. The number of sulfonamides is 1. The van der Waals surface area contributed by atoms with E-state index in [1.165, 1.54) is 7.05 Å². The lowest BCUT2D eigenvalue weighted by atomic mass is 10.2. The maximum absolute atomic E-state index is 11.8. The summed E-state index contributed by atoms with van der Waals surface area (Å²) in [6, 6.07) is 5.04. The second-order valence-corrected chi connectivity index (χ2v) is 6.80. The van der Waals surface area contributed by atoms with Crippen LogP contribution in [0.5, 0.6) is 0 Å². The SMILES string of the molecule is CNS(=O)(=O)c1ccc(C)c(NCc2cnn(C)c2C)c1. The van der Waals surface area contributed by atoms with Crippen LogP contribution in [0.2, 0.25) is 0 Å². The van der Waals surface area contributed by atoms with E-state index in [1.54, 1.807) is 18.2 Å². The summed E-state index contributed by atoms with van der Waals surface area (Å²) in [6.07, 6.45) is 1.81. The number of hydrogen-bond acceptors (Lipinski definition) is 4. The third-order valence-corrected chi connectivity index (χ3v) is 5.01. The van der Waals surface area contributed by atoms with Gasteiger partial charge in [-0.2, -0.15) is 5.10 Å². The number of hydrogen-bond donors (Lipinski definition) is 2. The van der Waals surface area contributed by atoms with Crippen molar-refractivity contribution in [3.8, 4) is 0 Å². The Labute approximate surface area is 125 Å². The summed E-state index contributed by atoms with van der Waals surface area (Å²) in [5.74, 6) is 0. The Hall–Kier alpha value is -1.86. The van der Waals surface area contributed by atoms with Crippen molar-refractivity contribution in [2.24, 2.45) is 7.05 Å². The minimum absolute atomic E-state index is 0.251. The Morgan fingerprint density at radius 3 is 2.57 bits per heavy atom. The molecule has 0 atom stereocenters. The molecule has 0 fully saturated rings. The van der Waals surface area contributed by atoms with Gasteiger partial charge in [-0.1, -0.05) is 6.07 Å². The van der Waals surface area contributed by atoms with Crippen LogP contribution in [0.25, 0.3) is 0 Å². The van der Waals surface area contributed by atoms with Crippen molar-refractivity contribution in [3.05, 3.63) is 41.2 Å². The molecule has 1 heterocycles. The average molecular weight is 308 g/mol. The molecule has 2 N–H and O–H groups in total. The predicted octanol–water partition coefficient (Wildman–Crippen LogP) is 1.56. The molecule has 0 aliphatic heterocycles. The molecule has 0 radical (unpaired) electrons. The molecule has 21 heavy (non-hydrogen) atoms. The fraction of sp³-hybridized carbons (Fsp3) is 0.357. The fourth-order valence-corrected chi connectivity index (χ4v) is 2.74. The Bertz CT molecular complexity index is 750. The number of rotatable bonds is 5. The molecule has 0 aliphatic rings. The van der Waals surface area contributed by atoms with Crippen molar-refractivity contribution in [2.75, 3.05) is 12.4 Å². The summed E-state index contributed by atoms with van der Waals surface area (Å²) >= 11 is 0. The van der Waals surface area contributed by atoms with Gasteiger partial charge < -0.3 is 5.32 Å². The number of nitrogens with one attached hydrogen (secondary N) is 2. The van der Waals surface area contributed by atoms with Crippen molar-refractivity contribution in [3.63, 3.8) is 0 Å². The predicted molar refractivity (Wildman–Crippen MR) is 82.7 cm³/mol. The summed E-state index contributed by atoms with van der Waals surface area (Å²) in [5.41, 5.74) is 3.96. The van der Waals surface area contributed by atoms with Crippen LogP contribution in [0.3, 0.4) is 0 Å². The van der Waals surface area contributed by atoms with Gasteiger partial charge in [0.1, 0.15) is 0 Å². The van der Waals surface area contributed by atoms with Gasteiger partial charge in [0.05, 0.1) is 11.1 Å². The van der Waals surface area contributed by atoms with E-state index in [4.69, 9.17) is 0 Å². The van der Waals surface area contributed by atoms with Crippen LogP contribution >= 0.6 is 0 Å². The highest BCUT2D eigenvalue weighted by molar-refractivity contribution is 7.89. The van der Waals surface area contributed by atoms with Crippen LogP contribution in [-0.2, 0) is 23.6 Å². The van der Waals surface area contributed by atoms with E-state index >= 15 is 0 Å². The van der Waals surface area contributed by atoms with Gasteiger partial charge in [-0.15, -0.1) is 0 Å². The first kappa shape index (κ1) is 15.5. The highest BCUT2D eigenvalue weighted by Crippen LogP contribution is 2.21. The molecule has 0 saturated heterocycles. The molecule has 0 bridgehead atoms. The van der Waals surface area contributed by atoms with Crippen LogP contribution < -0.4 is 10.0 Å². The average Bonchev–Trinajstić information content (AvgIpc) is 2.78. The van der Waals surface area contributed by atoms with E-state index in [9.17, 15) is 8.42 Å². The molecular formula is C14H20N4O2S. The number of nitrogens with zero attached hydrogens (tertiary/aromatic N) is 2. The summed E-state index contributed by atoms with van der Waals surface area (Å²) in [4.78, 5) is 0.251. The topological polar surface area (TPSA) is 76.0 Å². The zero-order valence-electron chi connectivity index (χ0n) is 12.6. The van der Waals surface area contributed by atoms with E-state index in [0.29, 0.717) is 6.54 Å². The van der Waals surface area contributed by atoms with Crippen LogP contribution in [0.1, 0.15) is 16.8 Å². The van der Waals surface area contributed by atoms with Crippen LogP contribution in [-0.4, -0.2) is 25.2 Å². The van der Waals surface area contributed by atoms with Gasteiger partial charge in [0.15, 0.2) is 0 Å². The first-order valence-corrected chi connectivity index (χ1v) is 8.09. The minimum Gasteiger partial charge on any atom is -0.381 e. The van der Waals surface area contributed by atoms with E-state index < -0.39 is 10.0 Å². The molecule has 1 aromatic heterocycles. The molecule has 6 nitrogen and oxygen atoms in total. The number of aryl methyl sites for hydroxylation is 2. The summed E-state index contributed by atoms with van der Waals surface area (Å²) in [5, 5.41) is 7.47. The van der Waals surface area contributed by atoms with Crippen molar-refractivity contribution in [1.82, 2.24) is 14.5 Å². The molecule has 7 heteroatoms. The quantitative estimate of drug-likeness (QED) is 0.879. The van der Waals surface area contributed by atoms with E-state index in [1.807, 2.05) is 31.8 Å². The van der Waals surface area contributed by atoms with Crippen LogP contribution in [0, 0.1) is 13.8 Å². The Morgan fingerprint density at radius 2 is 2.00 bits per heavy atom. The van der Waals surface area contributed by atoms with Crippen molar-refractivity contribution in [2.45, 2.75) is 25.3 Å². The third-order valence-electron chi connectivity index (χ3n) is 3.59. The number of aromatic nitrogens is 2. The van der Waals surface area contributed by atoms with E-state index in [-0.39, 0.29) is 4.90 Å². The van der Waals surface area contributed by atoms with Crippen molar-refractivity contribution >= 4 is 15.7 Å². The first-order valence-electron chi connectivity index (χ1n) is 6.60. The van der Waals surface area contributed by atoms with Gasteiger partial charge >= 0.3 is 0 Å². The molecule has 0 unspecified atom stereocenters. The minimum atomic E-state index is -3.43. The highest BCUT2D eigenvalue weighted by atomic mass is 32.2. The fourth-order valence-electron chi connectivity index (χ4n) is 1.98. The molecule has 2 aromatic rings. The molecule has 114 valence electrons.